The van der Waals surface area contributed by atoms with E-state index in [2.05, 4.69) is 31.0 Å². The monoisotopic (exact) mass is 230 g/mol. The minimum absolute atomic E-state index is 0.521. The summed E-state index contributed by atoms with van der Waals surface area (Å²) in [5, 5.41) is 3.50. The highest BCUT2D eigenvalue weighted by atomic mass is 16.5. The van der Waals surface area contributed by atoms with E-state index < -0.39 is 0 Å². The highest BCUT2D eigenvalue weighted by Crippen LogP contribution is 1.98. The van der Waals surface area contributed by atoms with E-state index in [9.17, 15) is 0 Å². The van der Waals surface area contributed by atoms with Gasteiger partial charge in [0, 0.05) is 26.2 Å². The minimum atomic E-state index is 0.521. The molecule has 98 valence electrons. The Kier molecular flexibility index (Phi) is 11.3. The summed E-state index contributed by atoms with van der Waals surface area (Å²) in [7, 11) is 1.77. The van der Waals surface area contributed by atoms with Gasteiger partial charge in [-0.1, -0.05) is 26.7 Å². The Hall–Kier alpha value is -0.120. The van der Waals surface area contributed by atoms with Crippen molar-refractivity contribution in [2.45, 2.75) is 46.1 Å². The molecule has 0 amide bonds. The van der Waals surface area contributed by atoms with Crippen LogP contribution in [-0.2, 0) is 4.74 Å². The van der Waals surface area contributed by atoms with Crippen LogP contribution in [0, 0.1) is 0 Å². The van der Waals surface area contributed by atoms with E-state index in [-0.39, 0.29) is 0 Å². The molecule has 3 nitrogen and oxygen atoms in total. The largest absolute Gasteiger partial charge is 0.383 e. The Morgan fingerprint density at radius 1 is 1.19 bits per heavy atom. The van der Waals surface area contributed by atoms with Gasteiger partial charge in [0.15, 0.2) is 0 Å². The van der Waals surface area contributed by atoms with Crippen LogP contribution in [0.15, 0.2) is 0 Å². The van der Waals surface area contributed by atoms with Gasteiger partial charge in [0.25, 0.3) is 0 Å². The molecule has 0 aromatic carbocycles. The second-order valence-corrected chi connectivity index (χ2v) is 4.39. The summed E-state index contributed by atoms with van der Waals surface area (Å²) in [6.07, 6.45) is 3.94. The standard InChI is InChI=1S/C13H30N2O/c1-5-7-8-9-14-10-11-15(6-2)13(3)12-16-4/h13-14H,5-12H2,1-4H3. The van der Waals surface area contributed by atoms with Crippen LogP contribution >= 0.6 is 0 Å². The lowest BCUT2D eigenvalue weighted by molar-refractivity contribution is 0.103. The highest BCUT2D eigenvalue weighted by Gasteiger charge is 2.10. The molecule has 0 aliphatic carbocycles. The van der Waals surface area contributed by atoms with E-state index in [1.165, 1.54) is 19.3 Å². The fourth-order valence-corrected chi connectivity index (χ4v) is 1.88. The number of hydrogen-bond donors (Lipinski definition) is 1. The van der Waals surface area contributed by atoms with Crippen LogP contribution in [-0.4, -0.2) is 50.8 Å². The van der Waals surface area contributed by atoms with E-state index >= 15 is 0 Å². The molecule has 0 heterocycles. The van der Waals surface area contributed by atoms with Gasteiger partial charge in [-0.25, -0.2) is 0 Å². The van der Waals surface area contributed by atoms with Gasteiger partial charge in [0.05, 0.1) is 6.61 Å². The summed E-state index contributed by atoms with van der Waals surface area (Å²) in [5.74, 6) is 0. The third kappa shape index (κ3) is 8.08. The van der Waals surface area contributed by atoms with Crippen molar-refractivity contribution in [3.63, 3.8) is 0 Å². The minimum Gasteiger partial charge on any atom is -0.383 e. The first kappa shape index (κ1) is 15.9. The topological polar surface area (TPSA) is 24.5 Å². The molecular weight excluding hydrogens is 200 g/mol. The van der Waals surface area contributed by atoms with Gasteiger partial charge >= 0.3 is 0 Å². The number of hydrogen-bond acceptors (Lipinski definition) is 3. The van der Waals surface area contributed by atoms with Gasteiger partial charge < -0.3 is 10.1 Å². The van der Waals surface area contributed by atoms with Crippen LogP contribution in [0.5, 0.6) is 0 Å². The molecule has 0 radical (unpaired) electrons. The Balaban J connectivity index is 3.47. The Morgan fingerprint density at radius 2 is 1.94 bits per heavy atom. The van der Waals surface area contributed by atoms with Crippen molar-refractivity contribution >= 4 is 0 Å². The maximum absolute atomic E-state index is 5.18. The molecule has 1 atom stereocenters. The van der Waals surface area contributed by atoms with Crippen LogP contribution in [0.4, 0.5) is 0 Å². The average molecular weight is 230 g/mol. The summed E-state index contributed by atoms with van der Waals surface area (Å²) in [6.45, 7) is 12.0. The molecule has 0 aliphatic heterocycles. The van der Waals surface area contributed by atoms with Gasteiger partial charge in [0.2, 0.25) is 0 Å². The molecule has 1 unspecified atom stereocenters. The van der Waals surface area contributed by atoms with Crippen molar-refractivity contribution in [3.8, 4) is 0 Å². The van der Waals surface area contributed by atoms with Crippen LogP contribution in [0.1, 0.15) is 40.0 Å². The summed E-state index contributed by atoms with van der Waals surface area (Å²) < 4.78 is 5.18. The van der Waals surface area contributed by atoms with Crippen LogP contribution < -0.4 is 5.32 Å². The summed E-state index contributed by atoms with van der Waals surface area (Å²) >= 11 is 0. The lowest BCUT2D eigenvalue weighted by atomic mass is 10.2. The van der Waals surface area contributed by atoms with E-state index in [1.54, 1.807) is 7.11 Å². The molecule has 0 spiro atoms. The average Bonchev–Trinajstić information content (AvgIpc) is 2.28. The maximum atomic E-state index is 5.18. The second kappa shape index (κ2) is 11.4. The van der Waals surface area contributed by atoms with Gasteiger partial charge in [-0.3, -0.25) is 4.90 Å². The second-order valence-electron chi connectivity index (χ2n) is 4.39. The molecule has 0 aromatic rings. The van der Waals surface area contributed by atoms with E-state index in [0.717, 1.165) is 32.8 Å². The Morgan fingerprint density at radius 3 is 2.50 bits per heavy atom. The first-order valence-electron chi connectivity index (χ1n) is 6.69. The van der Waals surface area contributed by atoms with Gasteiger partial charge in [-0.15, -0.1) is 0 Å². The SMILES string of the molecule is CCCCCNCCN(CC)C(C)COC. The molecule has 1 N–H and O–H groups in total. The molecule has 0 fully saturated rings. The molecule has 0 saturated carbocycles. The van der Waals surface area contributed by atoms with Gasteiger partial charge in [-0.05, 0) is 26.4 Å². The molecule has 0 saturated heterocycles. The number of likely N-dealkylation sites (N-methyl/N-ethyl adjacent to an activating group) is 1. The lowest BCUT2D eigenvalue weighted by Gasteiger charge is -2.27. The number of ether oxygens (including phenoxy) is 1. The Bertz CT molecular complexity index is 142. The normalized spacial score (nSPS) is 13.3. The summed E-state index contributed by atoms with van der Waals surface area (Å²) in [5.41, 5.74) is 0. The van der Waals surface area contributed by atoms with Crippen molar-refractivity contribution in [2.24, 2.45) is 0 Å². The van der Waals surface area contributed by atoms with Crippen molar-refractivity contribution in [1.29, 1.82) is 0 Å². The number of nitrogens with zero attached hydrogens (tertiary/aromatic N) is 1. The van der Waals surface area contributed by atoms with E-state index in [0.29, 0.717) is 6.04 Å². The van der Waals surface area contributed by atoms with Crippen LogP contribution in [0.25, 0.3) is 0 Å². The predicted octanol–water partition coefficient (Wildman–Crippen LogP) is 2.12. The number of unbranched alkanes of at least 4 members (excludes halogenated alkanes) is 2. The van der Waals surface area contributed by atoms with Crippen molar-refractivity contribution in [1.82, 2.24) is 10.2 Å². The molecule has 3 heteroatoms. The molecule has 0 bridgehead atoms. The van der Waals surface area contributed by atoms with Gasteiger partial charge in [-0.2, -0.15) is 0 Å². The molecule has 0 rings (SSSR count). The van der Waals surface area contributed by atoms with Crippen molar-refractivity contribution in [2.75, 3.05) is 39.9 Å². The zero-order valence-electron chi connectivity index (χ0n) is 11.6. The van der Waals surface area contributed by atoms with E-state index in [1.807, 2.05) is 0 Å². The Labute approximate surface area is 102 Å². The highest BCUT2D eigenvalue weighted by molar-refractivity contribution is 4.66. The predicted molar refractivity (Wildman–Crippen MR) is 71.0 cm³/mol. The lowest BCUT2D eigenvalue weighted by Crippen LogP contribution is -2.40. The smallest absolute Gasteiger partial charge is 0.0615 e. The number of nitrogens with one attached hydrogen (secondary N) is 1. The maximum Gasteiger partial charge on any atom is 0.0615 e. The zero-order valence-corrected chi connectivity index (χ0v) is 11.6. The fourth-order valence-electron chi connectivity index (χ4n) is 1.88. The first-order chi connectivity index (χ1) is 7.76. The third-order valence-corrected chi connectivity index (χ3v) is 2.97. The van der Waals surface area contributed by atoms with Crippen LogP contribution in [0.3, 0.4) is 0 Å². The molecular formula is C13H30N2O. The molecule has 16 heavy (non-hydrogen) atoms. The quantitative estimate of drug-likeness (QED) is 0.550. The van der Waals surface area contributed by atoms with Crippen molar-refractivity contribution in [3.05, 3.63) is 0 Å². The number of rotatable bonds is 11. The summed E-state index contributed by atoms with van der Waals surface area (Å²) in [6, 6.07) is 0.521. The molecule has 0 aliphatic rings. The third-order valence-electron chi connectivity index (χ3n) is 2.97. The first-order valence-corrected chi connectivity index (χ1v) is 6.69. The zero-order chi connectivity index (χ0) is 12.2. The van der Waals surface area contributed by atoms with Crippen molar-refractivity contribution < 1.29 is 4.74 Å². The van der Waals surface area contributed by atoms with Gasteiger partial charge in [0.1, 0.15) is 0 Å². The number of methoxy groups -OCH3 is 1. The van der Waals surface area contributed by atoms with E-state index in [4.69, 9.17) is 4.74 Å². The fraction of sp³-hybridized carbons (Fsp3) is 1.00. The van der Waals surface area contributed by atoms with Crippen LogP contribution in [0.2, 0.25) is 0 Å². The molecule has 0 aromatic heterocycles. The summed E-state index contributed by atoms with van der Waals surface area (Å²) in [4.78, 5) is 2.45.